The number of nitrogens with one attached hydrogen (secondary N) is 1. The summed E-state index contributed by atoms with van der Waals surface area (Å²) in [5, 5.41) is 3.96. The topological polar surface area (TPSA) is 75.9 Å². The van der Waals surface area contributed by atoms with Gasteiger partial charge in [0.25, 0.3) is 0 Å². The van der Waals surface area contributed by atoms with Crippen LogP contribution < -0.4 is 10.2 Å². The molecule has 0 amide bonds. The summed E-state index contributed by atoms with van der Waals surface area (Å²) in [5.41, 5.74) is 5.12. The molecule has 7 nitrogen and oxygen atoms in total. The zero-order valence-corrected chi connectivity index (χ0v) is 19.2. The summed E-state index contributed by atoms with van der Waals surface area (Å²) in [6.45, 7) is 1.63. The van der Waals surface area contributed by atoms with Gasteiger partial charge in [-0.25, -0.2) is 9.37 Å². The van der Waals surface area contributed by atoms with E-state index in [9.17, 15) is 4.79 Å². The van der Waals surface area contributed by atoms with Crippen LogP contribution in [0.3, 0.4) is 0 Å². The van der Waals surface area contributed by atoms with Crippen LogP contribution in [0.2, 0.25) is 0 Å². The number of hydrogen-bond donors (Lipinski definition) is 1. The van der Waals surface area contributed by atoms with Gasteiger partial charge in [-0.15, -0.1) is 6.42 Å². The first-order valence-electron chi connectivity index (χ1n) is 11.6. The first-order chi connectivity index (χ1) is 17.7. The lowest BCUT2D eigenvalue weighted by Crippen LogP contribution is -2.51. The van der Waals surface area contributed by atoms with Gasteiger partial charge in [0, 0.05) is 49.0 Å². The van der Waals surface area contributed by atoms with Gasteiger partial charge in [-0.2, -0.15) is 0 Å². The van der Waals surface area contributed by atoms with Crippen molar-refractivity contribution >= 4 is 33.9 Å². The number of carbonyl (C=O) groups excluding carboxylic acids is 1. The Labute approximate surface area is 206 Å². The average Bonchev–Trinajstić information content (AvgIpc) is 3.32. The highest BCUT2D eigenvalue weighted by Crippen LogP contribution is 2.32. The van der Waals surface area contributed by atoms with Crippen LogP contribution in [0.25, 0.3) is 38.8 Å². The van der Waals surface area contributed by atoms with Crippen LogP contribution in [-0.4, -0.2) is 51.5 Å². The van der Waals surface area contributed by atoms with E-state index in [0.717, 1.165) is 33.8 Å². The number of anilines is 1. The fourth-order valence-electron chi connectivity index (χ4n) is 4.80. The molecule has 8 heteroatoms. The van der Waals surface area contributed by atoms with E-state index in [1.54, 1.807) is 29.2 Å². The van der Waals surface area contributed by atoms with Gasteiger partial charge in [0.05, 0.1) is 34.6 Å². The molecule has 4 heterocycles. The van der Waals surface area contributed by atoms with Crippen molar-refractivity contribution in [3.63, 3.8) is 0 Å². The second kappa shape index (κ2) is 8.87. The van der Waals surface area contributed by atoms with Gasteiger partial charge < -0.3 is 15.0 Å². The molecule has 0 saturated carbocycles. The van der Waals surface area contributed by atoms with Crippen molar-refractivity contribution in [3.8, 4) is 29.2 Å². The van der Waals surface area contributed by atoms with Gasteiger partial charge >= 0.3 is 0 Å². The maximum Gasteiger partial charge on any atom is 0.190 e. The van der Waals surface area contributed by atoms with Crippen molar-refractivity contribution in [3.05, 3.63) is 78.8 Å². The summed E-state index contributed by atoms with van der Waals surface area (Å²) < 4.78 is 17.2. The van der Waals surface area contributed by atoms with Crippen molar-refractivity contribution in [2.75, 3.05) is 24.5 Å². The third-order valence-electron chi connectivity index (χ3n) is 6.51. The number of imidazole rings is 1. The largest absolute Gasteiger partial charge is 0.366 e. The van der Waals surface area contributed by atoms with E-state index >= 15 is 4.39 Å². The molecule has 1 aliphatic rings. The highest BCUT2D eigenvalue weighted by Gasteiger charge is 2.22. The van der Waals surface area contributed by atoms with Crippen LogP contribution in [0.5, 0.6) is 0 Å². The van der Waals surface area contributed by atoms with Gasteiger partial charge in [-0.05, 0) is 41.8 Å². The smallest absolute Gasteiger partial charge is 0.190 e. The van der Waals surface area contributed by atoms with E-state index in [0.29, 0.717) is 42.4 Å². The Balaban J connectivity index is 1.52. The number of fused-ring (bicyclic) bond motifs is 3. The van der Waals surface area contributed by atoms with E-state index in [2.05, 4.69) is 26.2 Å². The summed E-state index contributed by atoms with van der Waals surface area (Å²) in [7, 11) is 0. The van der Waals surface area contributed by atoms with E-state index in [-0.39, 0.29) is 6.04 Å². The molecule has 0 aliphatic carbocycles. The molecule has 1 unspecified atom stereocenters. The monoisotopic (exact) mass is 476 g/mol. The second-order valence-corrected chi connectivity index (χ2v) is 8.66. The lowest BCUT2D eigenvalue weighted by atomic mass is 10.0. The Morgan fingerprint density at radius 2 is 2.03 bits per heavy atom. The molecule has 5 aromatic rings. The number of hydrogen-bond acceptors (Lipinski definition) is 6. The first kappa shape index (κ1) is 21.9. The molecule has 0 spiro atoms. The molecular formula is C28H21FN6O. The summed E-state index contributed by atoms with van der Waals surface area (Å²) in [6.07, 6.45) is 11.9. The molecule has 36 heavy (non-hydrogen) atoms. The Morgan fingerprint density at radius 1 is 1.11 bits per heavy atom. The number of pyridine rings is 2. The van der Waals surface area contributed by atoms with Crippen molar-refractivity contribution in [2.45, 2.75) is 6.04 Å². The number of aromatic nitrogens is 4. The van der Waals surface area contributed by atoms with Crippen molar-refractivity contribution < 1.29 is 9.18 Å². The second-order valence-electron chi connectivity index (χ2n) is 8.66. The molecular weight excluding hydrogens is 455 g/mol. The highest BCUT2D eigenvalue weighted by atomic mass is 19.1. The maximum absolute atomic E-state index is 15.4. The van der Waals surface area contributed by atoms with Gasteiger partial charge in [0.1, 0.15) is 17.6 Å². The van der Waals surface area contributed by atoms with Crippen LogP contribution in [0, 0.1) is 18.2 Å². The quantitative estimate of drug-likeness (QED) is 0.315. The van der Waals surface area contributed by atoms with Crippen LogP contribution in [-0.2, 0) is 4.79 Å². The molecule has 2 aromatic carbocycles. The number of benzene rings is 2. The minimum absolute atomic E-state index is 0.323. The molecule has 0 bridgehead atoms. The van der Waals surface area contributed by atoms with Gasteiger partial charge in [0.15, 0.2) is 5.82 Å². The van der Waals surface area contributed by atoms with Gasteiger partial charge in [0.2, 0.25) is 0 Å². The van der Waals surface area contributed by atoms with E-state index in [4.69, 9.17) is 6.42 Å². The minimum Gasteiger partial charge on any atom is -0.366 e. The third kappa shape index (κ3) is 3.67. The summed E-state index contributed by atoms with van der Waals surface area (Å²) in [6, 6.07) is 14.6. The molecule has 0 radical (unpaired) electrons. The summed E-state index contributed by atoms with van der Waals surface area (Å²) in [4.78, 5) is 26.5. The number of halogens is 1. The number of terminal acetylenes is 1. The van der Waals surface area contributed by atoms with E-state index < -0.39 is 5.82 Å². The Bertz CT molecular complexity index is 1660. The lowest BCUT2D eigenvalue weighted by molar-refractivity contribution is -0.109. The number of carbonyl (C=O) groups is 1. The number of aldehydes is 1. The Kier molecular flexibility index (Phi) is 5.40. The minimum atomic E-state index is -0.390. The average molecular weight is 477 g/mol. The molecule has 1 aliphatic heterocycles. The van der Waals surface area contributed by atoms with Gasteiger partial charge in [-0.1, -0.05) is 12.1 Å². The predicted octanol–water partition coefficient (Wildman–Crippen LogP) is 3.73. The molecule has 1 saturated heterocycles. The number of rotatable bonds is 4. The molecule has 3 aromatic heterocycles. The summed E-state index contributed by atoms with van der Waals surface area (Å²) in [5.74, 6) is 2.61. The fourth-order valence-corrected chi connectivity index (χ4v) is 4.80. The standard InChI is InChI=1S/C28H21FN6O/c1-2-27-33-25-15-32-24-7-5-18(19-4-3-9-30-14-19)12-22(24)28(25)35(27)21-6-8-26(23(29)13-21)34-11-10-31-20(16-34)17-36/h1,3-9,12-15,17,20,31H,10-11,16H2. The summed E-state index contributed by atoms with van der Waals surface area (Å²) >= 11 is 0. The van der Waals surface area contributed by atoms with Crippen LogP contribution in [0.4, 0.5) is 10.1 Å². The maximum atomic E-state index is 15.4. The molecule has 1 atom stereocenters. The molecule has 176 valence electrons. The predicted molar refractivity (Wildman–Crippen MR) is 138 cm³/mol. The molecule has 6 rings (SSSR count). The van der Waals surface area contributed by atoms with Crippen molar-refractivity contribution in [1.29, 1.82) is 0 Å². The normalized spacial score (nSPS) is 15.8. The van der Waals surface area contributed by atoms with Crippen LogP contribution in [0.1, 0.15) is 5.82 Å². The first-order valence-corrected chi connectivity index (χ1v) is 11.6. The highest BCUT2D eigenvalue weighted by molar-refractivity contribution is 6.05. The van der Waals surface area contributed by atoms with Crippen molar-refractivity contribution in [2.24, 2.45) is 0 Å². The van der Waals surface area contributed by atoms with Gasteiger partial charge in [-0.3, -0.25) is 14.5 Å². The molecule has 1 N–H and O–H groups in total. The zero-order chi connectivity index (χ0) is 24.6. The number of piperazine rings is 1. The van der Waals surface area contributed by atoms with Crippen molar-refractivity contribution in [1.82, 2.24) is 24.8 Å². The van der Waals surface area contributed by atoms with Crippen LogP contribution >= 0.6 is 0 Å². The Hall–Kier alpha value is -4.61. The van der Waals surface area contributed by atoms with E-state index in [1.807, 2.05) is 41.3 Å². The Morgan fingerprint density at radius 3 is 2.81 bits per heavy atom. The van der Waals surface area contributed by atoms with Crippen LogP contribution in [0.15, 0.2) is 67.1 Å². The molecule has 1 fully saturated rings. The zero-order valence-electron chi connectivity index (χ0n) is 19.2. The third-order valence-corrected chi connectivity index (χ3v) is 6.51. The van der Waals surface area contributed by atoms with E-state index in [1.165, 1.54) is 6.07 Å². The fraction of sp³-hybridized carbons (Fsp3) is 0.143. The number of nitrogens with zero attached hydrogens (tertiary/aromatic N) is 5. The SMILES string of the molecule is C#Cc1nc2cnc3ccc(-c4cccnc4)cc3c2n1-c1ccc(N2CCNC(C=O)C2)c(F)c1. The lowest BCUT2D eigenvalue weighted by Gasteiger charge is -2.33.